The fourth-order valence-electron chi connectivity index (χ4n) is 1.27. The quantitative estimate of drug-likeness (QED) is 0.751. The Kier molecular flexibility index (Phi) is 2.78. The highest BCUT2D eigenvalue weighted by Gasteiger charge is 2.04. The summed E-state index contributed by atoms with van der Waals surface area (Å²) in [5.41, 5.74) is 0.813. The molecule has 0 fully saturated rings. The number of methoxy groups -OCH3 is 1. The fraction of sp³-hybridized carbons (Fsp3) is 0.100. The summed E-state index contributed by atoms with van der Waals surface area (Å²) in [6.07, 6.45) is 1.79. The highest BCUT2D eigenvalue weighted by molar-refractivity contribution is 14.1. The van der Waals surface area contributed by atoms with Crippen LogP contribution < -0.4 is 4.74 Å². The van der Waals surface area contributed by atoms with E-state index in [0.29, 0.717) is 5.02 Å². The van der Waals surface area contributed by atoms with Gasteiger partial charge in [0.15, 0.2) is 0 Å². The third-order valence-electron chi connectivity index (χ3n) is 1.91. The van der Waals surface area contributed by atoms with Crippen molar-refractivity contribution in [3.05, 3.63) is 33.0 Å². The van der Waals surface area contributed by atoms with Crippen LogP contribution in [0.3, 0.4) is 0 Å². The smallest absolute Gasteiger partial charge is 0.121 e. The van der Waals surface area contributed by atoms with Crippen LogP contribution in [0.2, 0.25) is 5.02 Å². The van der Waals surface area contributed by atoms with Crippen LogP contribution in [0.1, 0.15) is 0 Å². The Hall–Kier alpha value is -0.550. The molecule has 0 atom stereocenters. The Balaban J connectivity index is 2.77. The molecule has 2 nitrogen and oxygen atoms in total. The molecule has 0 saturated carbocycles. The average Bonchev–Trinajstić information content (AvgIpc) is 2.16. The highest BCUT2D eigenvalue weighted by Crippen LogP contribution is 2.28. The number of fused-ring (bicyclic) bond motifs is 1. The number of aromatic nitrogens is 1. The SMILES string of the molecule is COc1cc(Cl)c2ncc(I)cc2c1. The molecule has 14 heavy (non-hydrogen) atoms. The molecule has 1 aromatic carbocycles. The first kappa shape index (κ1) is 9.98. The van der Waals surface area contributed by atoms with Gasteiger partial charge in [0, 0.05) is 21.2 Å². The molecular weight excluding hydrogens is 312 g/mol. The monoisotopic (exact) mass is 319 g/mol. The third-order valence-corrected chi connectivity index (χ3v) is 2.79. The molecule has 1 heterocycles. The number of halogens is 2. The van der Waals surface area contributed by atoms with E-state index in [1.807, 2.05) is 12.1 Å². The largest absolute Gasteiger partial charge is 0.497 e. The lowest BCUT2D eigenvalue weighted by Gasteiger charge is -2.04. The summed E-state index contributed by atoms with van der Waals surface area (Å²) in [5, 5.41) is 1.62. The predicted octanol–water partition coefficient (Wildman–Crippen LogP) is 3.50. The maximum absolute atomic E-state index is 6.05. The lowest BCUT2D eigenvalue weighted by Crippen LogP contribution is -1.86. The van der Waals surface area contributed by atoms with Gasteiger partial charge in [-0.05, 0) is 34.7 Å². The van der Waals surface area contributed by atoms with Crippen LogP contribution >= 0.6 is 34.2 Å². The van der Waals surface area contributed by atoms with Gasteiger partial charge in [-0.15, -0.1) is 0 Å². The number of benzene rings is 1. The van der Waals surface area contributed by atoms with Crippen LogP contribution in [0.4, 0.5) is 0 Å². The van der Waals surface area contributed by atoms with E-state index in [9.17, 15) is 0 Å². The van der Waals surface area contributed by atoms with Gasteiger partial charge in [-0.25, -0.2) is 0 Å². The van der Waals surface area contributed by atoms with Crippen LogP contribution in [-0.4, -0.2) is 12.1 Å². The van der Waals surface area contributed by atoms with Gasteiger partial charge in [0.1, 0.15) is 5.75 Å². The van der Waals surface area contributed by atoms with E-state index in [-0.39, 0.29) is 0 Å². The highest BCUT2D eigenvalue weighted by atomic mass is 127. The number of ether oxygens (including phenoxy) is 1. The first-order chi connectivity index (χ1) is 6.70. The third kappa shape index (κ3) is 1.79. The molecule has 0 radical (unpaired) electrons. The van der Waals surface area contributed by atoms with Crippen molar-refractivity contribution in [2.45, 2.75) is 0 Å². The maximum atomic E-state index is 6.05. The number of pyridine rings is 1. The second-order valence-corrected chi connectivity index (χ2v) is 4.49. The summed E-state index contributed by atoms with van der Waals surface area (Å²) in [6, 6.07) is 5.72. The number of nitrogens with zero attached hydrogens (tertiary/aromatic N) is 1. The van der Waals surface area contributed by atoms with Gasteiger partial charge >= 0.3 is 0 Å². The van der Waals surface area contributed by atoms with Crippen molar-refractivity contribution < 1.29 is 4.74 Å². The Morgan fingerprint density at radius 3 is 2.86 bits per heavy atom. The summed E-state index contributed by atoms with van der Waals surface area (Å²) in [7, 11) is 1.62. The lowest BCUT2D eigenvalue weighted by atomic mass is 10.2. The molecule has 0 aliphatic rings. The van der Waals surface area contributed by atoms with Gasteiger partial charge in [-0.1, -0.05) is 11.6 Å². The van der Waals surface area contributed by atoms with Crippen molar-refractivity contribution in [2.75, 3.05) is 7.11 Å². The summed E-state index contributed by atoms with van der Waals surface area (Å²) in [6.45, 7) is 0. The summed E-state index contributed by atoms with van der Waals surface area (Å²) >= 11 is 8.27. The Labute approximate surface area is 100 Å². The molecule has 72 valence electrons. The molecule has 1 aromatic heterocycles. The molecule has 0 aliphatic heterocycles. The van der Waals surface area contributed by atoms with Gasteiger partial charge in [0.05, 0.1) is 17.6 Å². The molecule has 0 N–H and O–H groups in total. The van der Waals surface area contributed by atoms with Crippen LogP contribution in [0.5, 0.6) is 5.75 Å². The second-order valence-electron chi connectivity index (χ2n) is 2.83. The van der Waals surface area contributed by atoms with E-state index in [2.05, 4.69) is 27.6 Å². The van der Waals surface area contributed by atoms with Crippen molar-refractivity contribution in [1.29, 1.82) is 0 Å². The van der Waals surface area contributed by atoms with Crippen LogP contribution in [0.15, 0.2) is 24.4 Å². The van der Waals surface area contributed by atoms with Crippen molar-refractivity contribution in [3.63, 3.8) is 0 Å². The minimum Gasteiger partial charge on any atom is -0.497 e. The normalized spacial score (nSPS) is 10.5. The summed E-state index contributed by atoms with van der Waals surface area (Å²) in [5.74, 6) is 0.756. The van der Waals surface area contributed by atoms with Gasteiger partial charge in [0.2, 0.25) is 0 Å². The molecule has 0 bridgehead atoms. The standard InChI is InChI=1S/C10H7ClINO/c1-14-8-3-6-2-7(12)5-13-10(6)9(11)4-8/h2-5H,1H3. The van der Waals surface area contributed by atoms with Crippen molar-refractivity contribution in [2.24, 2.45) is 0 Å². The summed E-state index contributed by atoms with van der Waals surface area (Å²) in [4.78, 5) is 4.26. The van der Waals surface area contributed by atoms with E-state index in [1.165, 1.54) is 0 Å². The number of rotatable bonds is 1. The van der Waals surface area contributed by atoms with Gasteiger partial charge in [-0.2, -0.15) is 0 Å². The van der Waals surface area contributed by atoms with E-state index in [1.54, 1.807) is 19.4 Å². The first-order valence-corrected chi connectivity index (χ1v) is 5.45. The van der Waals surface area contributed by atoms with Crippen LogP contribution in [-0.2, 0) is 0 Å². The molecule has 4 heteroatoms. The molecule has 0 amide bonds. The van der Waals surface area contributed by atoms with E-state index >= 15 is 0 Å². The Bertz CT molecular complexity index is 487. The zero-order chi connectivity index (χ0) is 10.1. The minimum absolute atomic E-state index is 0.621. The molecule has 2 rings (SSSR count). The molecular formula is C10H7ClINO. The minimum atomic E-state index is 0.621. The zero-order valence-corrected chi connectivity index (χ0v) is 10.3. The van der Waals surface area contributed by atoms with Gasteiger partial charge < -0.3 is 4.74 Å². The Morgan fingerprint density at radius 1 is 1.36 bits per heavy atom. The number of hydrogen-bond donors (Lipinski definition) is 0. The maximum Gasteiger partial charge on any atom is 0.121 e. The van der Waals surface area contributed by atoms with E-state index < -0.39 is 0 Å². The molecule has 0 spiro atoms. The van der Waals surface area contributed by atoms with Gasteiger partial charge in [-0.3, -0.25) is 4.98 Å². The molecule has 0 unspecified atom stereocenters. The van der Waals surface area contributed by atoms with Crippen molar-refractivity contribution in [1.82, 2.24) is 4.98 Å². The topological polar surface area (TPSA) is 22.1 Å². The van der Waals surface area contributed by atoms with Gasteiger partial charge in [0.25, 0.3) is 0 Å². The zero-order valence-electron chi connectivity index (χ0n) is 7.42. The lowest BCUT2D eigenvalue weighted by molar-refractivity contribution is 0.415. The molecule has 0 saturated heterocycles. The Morgan fingerprint density at radius 2 is 2.14 bits per heavy atom. The van der Waals surface area contributed by atoms with Crippen molar-refractivity contribution >= 4 is 45.1 Å². The fourth-order valence-corrected chi connectivity index (χ4v) is 2.01. The summed E-state index contributed by atoms with van der Waals surface area (Å²) < 4.78 is 6.21. The first-order valence-electron chi connectivity index (χ1n) is 3.99. The molecule has 2 aromatic rings. The van der Waals surface area contributed by atoms with E-state index in [4.69, 9.17) is 16.3 Å². The van der Waals surface area contributed by atoms with Crippen LogP contribution in [0, 0.1) is 3.57 Å². The van der Waals surface area contributed by atoms with E-state index in [0.717, 1.165) is 20.2 Å². The molecule has 0 aliphatic carbocycles. The number of hydrogen-bond acceptors (Lipinski definition) is 2. The average molecular weight is 320 g/mol. The van der Waals surface area contributed by atoms with Crippen LogP contribution in [0.25, 0.3) is 10.9 Å². The predicted molar refractivity (Wildman–Crippen MR) is 66.0 cm³/mol. The second kappa shape index (κ2) is 3.90. The van der Waals surface area contributed by atoms with Crippen molar-refractivity contribution in [3.8, 4) is 5.75 Å².